The number of imidazole rings is 1. The van der Waals surface area contributed by atoms with Crippen molar-refractivity contribution in [3.63, 3.8) is 0 Å². The molecule has 0 aliphatic rings. The molecule has 9 heteroatoms. The maximum atomic E-state index is 13.4. The van der Waals surface area contributed by atoms with E-state index in [1.807, 2.05) is 6.92 Å². The zero-order chi connectivity index (χ0) is 20.4. The lowest BCUT2D eigenvalue weighted by Crippen LogP contribution is -2.45. The Morgan fingerprint density at radius 1 is 1.14 bits per heavy atom. The van der Waals surface area contributed by atoms with E-state index in [1.165, 1.54) is 18.4 Å². The second kappa shape index (κ2) is 7.61. The molecule has 3 aromatic heterocycles. The first-order valence-electron chi connectivity index (χ1n) is 9.14. The number of fused-ring (bicyclic) bond motifs is 1. The van der Waals surface area contributed by atoms with Crippen molar-refractivity contribution < 1.29 is 19.0 Å². The molecule has 0 spiro atoms. The molecule has 0 saturated heterocycles. The van der Waals surface area contributed by atoms with Crippen molar-refractivity contribution in [1.82, 2.24) is 19.4 Å². The number of aliphatic hydroxyl groups is 2. The summed E-state index contributed by atoms with van der Waals surface area (Å²) in [5.41, 5.74) is 1.57. The summed E-state index contributed by atoms with van der Waals surface area (Å²) in [5.74, 6) is 0.299. The van der Waals surface area contributed by atoms with Crippen LogP contribution in [0.25, 0.3) is 28.5 Å². The lowest BCUT2D eigenvalue weighted by atomic mass is 9.99. The molecule has 0 unspecified atom stereocenters. The van der Waals surface area contributed by atoms with Gasteiger partial charge in [-0.2, -0.15) is 4.98 Å². The predicted octanol–water partition coefficient (Wildman–Crippen LogP) is 2.74. The van der Waals surface area contributed by atoms with Gasteiger partial charge in [-0.15, -0.1) is 0 Å². The Balaban J connectivity index is 1.82. The highest BCUT2D eigenvalue weighted by Gasteiger charge is 2.28. The third-order valence-electron chi connectivity index (χ3n) is 4.94. The van der Waals surface area contributed by atoms with Crippen LogP contribution in [0.3, 0.4) is 0 Å². The molecule has 29 heavy (non-hydrogen) atoms. The zero-order valence-electron chi connectivity index (χ0n) is 15.7. The average molecular weight is 397 g/mol. The van der Waals surface area contributed by atoms with Gasteiger partial charge in [0.2, 0.25) is 5.95 Å². The van der Waals surface area contributed by atoms with Crippen LogP contribution < -0.4 is 5.32 Å². The molecule has 0 radical (unpaired) electrons. The summed E-state index contributed by atoms with van der Waals surface area (Å²) < 4.78 is 20.5. The van der Waals surface area contributed by atoms with E-state index in [-0.39, 0.29) is 25.0 Å². The fraction of sp³-hybridized carbons (Fsp3) is 0.250. The molecule has 150 valence electrons. The van der Waals surface area contributed by atoms with Crippen LogP contribution in [0, 0.1) is 5.82 Å². The minimum Gasteiger partial charge on any atom is -0.432 e. The number of aromatic nitrogens is 4. The van der Waals surface area contributed by atoms with Gasteiger partial charge in [0.15, 0.2) is 0 Å². The van der Waals surface area contributed by atoms with Crippen LogP contribution in [0.2, 0.25) is 0 Å². The van der Waals surface area contributed by atoms with Gasteiger partial charge in [0, 0.05) is 18.0 Å². The van der Waals surface area contributed by atoms with Crippen molar-refractivity contribution in [1.29, 1.82) is 0 Å². The normalized spacial score (nSPS) is 11.9. The fourth-order valence-corrected chi connectivity index (χ4v) is 3.07. The summed E-state index contributed by atoms with van der Waals surface area (Å²) in [4.78, 5) is 13.3. The Labute approximate surface area is 165 Å². The van der Waals surface area contributed by atoms with Gasteiger partial charge in [-0.1, -0.05) is 6.92 Å². The molecule has 0 bridgehead atoms. The largest absolute Gasteiger partial charge is 0.432 e. The highest BCUT2D eigenvalue weighted by Crippen LogP contribution is 2.32. The van der Waals surface area contributed by atoms with Crippen molar-refractivity contribution in [2.75, 3.05) is 18.5 Å². The van der Waals surface area contributed by atoms with Gasteiger partial charge < -0.3 is 19.9 Å². The van der Waals surface area contributed by atoms with Gasteiger partial charge in [0.05, 0.1) is 24.4 Å². The first kappa shape index (κ1) is 19.0. The second-order valence-electron chi connectivity index (χ2n) is 6.71. The molecule has 0 atom stereocenters. The van der Waals surface area contributed by atoms with Gasteiger partial charge in [-0.05, 0) is 36.8 Å². The SMILES string of the molecule is CCC(CO)(CO)Nc1nccc(-c2c(-c3ccc(F)cc3)nc3occn23)n1. The lowest BCUT2D eigenvalue weighted by Gasteiger charge is -2.29. The Morgan fingerprint density at radius 2 is 1.90 bits per heavy atom. The van der Waals surface area contributed by atoms with Gasteiger partial charge in [0.1, 0.15) is 23.5 Å². The van der Waals surface area contributed by atoms with E-state index in [9.17, 15) is 14.6 Å². The number of benzene rings is 1. The monoisotopic (exact) mass is 397 g/mol. The van der Waals surface area contributed by atoms with Crippen LogP contribution >= 0.6 is 0 Å². The van der Waals surface area contributed by atoms with Crippen LogP contribution in [0.1, 0.15) is 13.3 Å². The molecule has 0 fully saturated rings. The highest BCUT2D eigenvalue weighted by molar-refractivity contribution is 5.79. The van der Waals surface area contributed by atoms with Crippen LogP contribution in [0.15, 0.2) is 53.4 Å². The van der Waals surface area contributed by atoms with E-state index in [2.05, 4.69) is 20.3 Å². The number of nitrogens with zero attached hydrogens (tertiary/aromatic N) is 4. The van der Waals surface area contributed by atoms with Gasteiger partial charge in [-0.25, -0.2) is 14.4 Å². The molecular weight excluding hydrogens is 377 g/mol. The molecule has 0 amide bonds. The first-order valence-corrected chi connectivity index (χ1v) is 9.14. The average Bonchev–Trinajstić information content (AvgIpc) is 3.34. The van der Waals surface area contributed by atoms with Crippen molar-refractivity contribution in [3.05, 3.63) is 54.8 Å². The second-order valence-corrected chi connectivity index (χ2v) is 6.71. The lowest BCUT2D eigenvalue weighted by molar-refractivity contribution is 0.132. The number of aliphatic hydroxyl groups excluding tert-OH is 2. The van der Waals surface area contributed by atoms with Crippen molar-refractivity contribution in [3.8, 4) is 22.6 Å². The number of anilines is 1. The number of nitrogens with one attached hydrogen (secondary N) is 1. The Hall–Kier alpha value is -3.30. The molecule has 0 aliphatic carbocycles. The number of hydrogen-bond acceptors (Lipinski definition) is 7. The van der Waals surface area contributed by atoms with Gasteiger partial charge in [0.25, 0.3) is 0 Å². The maximum absolute atomic E-state index is 13.4. The van der Waals surface area contributed by atoms with Crippen molar-refractivity contribution in [2.45, 2.75) is 18.9 Å². The van der Waals surface area contributed by atoms with Crippen LogP contribution in [-0.4, -0.2) is 48.3 Å². The van der Waals surface area contributed by atoms with Crippen molar-refractivity contribution >= 4 is 11.8 Å². The summed E-state index contributed by atoms with van der Waals surface area (Å²) in [6.07, 6.45) is 5.29. The third kappa shape index (κ3) is 3.45. The molecule has 0 saturated carbocycles. The zero-order valence-corrected chi connectivity index (χ0v) is 15.7. The molecular formula is C20H20FN5O3. The maximum Gasteiger partial charge on any atom is 0.306 e. The van der Waals surface area contributed by atoms with Gasteiger partial charge in [-0.3, -0.25) is 4.40 Å². The highest BCUT2D eigenvalue weighted by atomic mass is 19.1. The molecule has 3 heterocycles. The molecule has 3 N–H and O–H groups in total. The predicted molar refractivity (Wildman–Crippen MR) is 105 cm³/mol. The van der Waals surface area contributed by atoms with E-state index in [0.29, 0.717) is 34.9 Å². The summed E-state index contributed by atoms with van der Waals surface area (Å²) in [5, 5.41) is 22.4. The van der Waals surface area contributed by atoms with Crippen LogP contribution in [-0.2, 0) is 0 Å². The summed E-state index contributed by atoms with van der Waals surface area (Å²) in [6.45, 7) is 1.31. The quantitative estimate of drug-likeness (QED) is 0.440. The first-order chi connectivity index (χ1) is 14.1. The summed E-state index contributed by atoms with van der Waals surface area (Å²) in [6, 6.07) is 7.73. The minimum atomic E-state index is -0.930. The topological polar surface area (TPSA) is 109 Å². The Kier molecular flexibility index (Phi) is 4.99. The van der Waals surface area contributed by atoms with E-state index in [0.717, 1.165) is 0 Å². The molecule has 8 nitrogen and oxygen atoms in total. The van der Waals surface area contributed by atoms with E-state index in [4.69, 9.17) is 4.42 Å². The number of rotatable bonds is 7. The summed E-state index contributed by atoms with van der Waals surface area (Å²) in [7, 11) is 0. The number of oxazole rings is 1. The molecule has 1 aromatic carbocycles. The van der Waals surface area contributed by atoms with Crippen molar-refractivity contribution in [2.24, 2.45) is 0 Å². The third-order valence-corrected chi connectivity index (χ3v) is 4.94. The molecule has 4 aromatic rings. The van der Waals surface area contributed by atoms with Crippen LogP contribution in [0.4, 0.5) is 10.3 Å². The molecule has 4 rings (SSSR count). The molecule has 0 aliphatic heterocycles. The Morgan fingerprint density at radius 3 is 2.59 bits per heavy atom. The van der Waals surface area contributed by atoms with E-state index < -0.39 is 5.54 Å². The standard InChI is InChI=1S/C20H20FN5O3/c1-2-20(11-27,12-28)25-18-22-8-7-15(23-18)17-16(13-3-5-14(21)6-4-13)24-19-26(17)9-10-29-19/h3-10,27-28H,2,11-12H2,1H3,(H,22,23,25). The smallest absolute Gasteiger partial charge is 0.306 e. The fourth-order valence-electron chi connectivity index (χ4n) is 3.07. The van der Waals surface area contributed by atoms with E-state index >= 15 is 0 Å². The number of halogens is 1. The van der Waals surface area contributed by atoms with Gasteiger partial charge >= 0.3 is 5.84 Å². The number of hydrogen-bond donors (Lipinski definition) is 3. The summed E-state index contributed by atoms with van der Waals surface area (Å²) >= 11 is 0. The Bertz CT molecular complexity index is 1110. The minimum absolute atomic E-state index is 0.260. The van der Waals surface area contributed by atoms with E-state index in [1.54, 1.807) is 35.0 Å². The van der Waals surface area contributed by atoms with Crippen LogP contribution in [0.5, 0.6) is 0 Å².